The van der Waals surface area contributed by atoms with Crippen molar-refractivity contribution in [3.63, 3.8) is 0 Å². The standard InChI is InChI=1S/C33H36O5/c1-21(34)37-10-2-3-11-38-31-17-28-9-8-27(25-4-6-26(7-5-25)32(35)36)15-29(28)16-30(31)33-18-22-12-23(19-33)14-24(13-22)20-33/h4-9,15-17,22-24H,2-3,10-14,18-20H2,1H3,(H,35,36). The van der Waals surface area contributed by atoms with E-state index in [0.29, 0.717) is 18.8 Å². The molecule has 0 atom stereocenters. The maximum Gasteiger partial charge on any atom is 0.335 e. The minimum absolute atomic E-state index is 0.204. The lowest BCUT2D eigenvalue weighted by Gasteiger charge is -2.57. The van der Waals surface area contributed by atoms with Crippen LogP contribution >= 0.6 is 0 Å². The van der Waals surface area contributed by atoms with E-state index in [-0.39, 0.29) is 11.4 Å². The quantitative estimate of drug-likeness (QED) is 0.239. The maximum absolute atomic E-state index is 11.3. The lowest BCUT2D eigenvalue weighted by Crippen LogP contribution is -2.48. The Hall–Kier alpha value is -3.34. The number of benzene rings is 3. The molecule has 4 saturated carbocycles. The highest BCUT2D eigenvalue weighted by molar-refractivity contribution is 5.91. The second kappa shape index (κ2) is 10.1. The van der Waals surface area contributed by atoms with E-state index in [4.69, 9.17) is 9.47 Å². The number of carboxylic acid groups (broad SMARTS) is 1. The average molecular weight is 513 g/mol. The molecule has 4 bridgehead atoms. The van der Waals surface area contributed by atoms with Crippen LogP contribution in [0.25, 0.3) is 21.9 Å². The Labute approximate surface area is 224 Å². The normalized spacial score (nSPS) is 25.4. The highest BCUT2D eigenvalue weighted by Gasteiger charge is 2.52. The van der Waals surface area contributed by atoms with Crippen LogP contribution in [0.2, 0.25) is 0 Å². The van der Waals surface area contributed by atoms with E-state index < -0.39 is 5.97 Å². The molecule has 198 valence electrons. The summed E-state index contributed by atoms with van der Waals surface area (Å²) in [5.41, 5.74) is 3.98. The summed E-state index contributed by atoms with van der Waals surface area (Å²) in [7, 11) is 0. The third-order valence-electron chi connectivity index (χ3n) is 9.12. The lowest BCUT2D eigenvalue weighted by atomic mass is 9.48. The summed E-state index contributed by atoms with van der Waals surface area (Å²) in [5.74, 6) is 2.40. The van der Waals surface area contributed by atoms with E-state index in [0.717, 1.165) is 52.9 Å². The third kappa shape index (κ3) is 4.91. The second-order valence-electron chi connectivity index (χ2n) is 11.9. The van der Waals surface area contributed by atoms with Crippen LogP contribution in [0, 0.1) is 17.8 Å². The topological polar surface area (TPSA) is 72.8 Å². The maximum atomic E-state index is 11.3. The number of fused-ring (bicyclic) bond motifs is 1. The van der Waals surface area contributed by atoms with Crippen LogP contribution in [0.15, 0.2) is 54.6 Å². The number of carbonyl (C=O) groups is 2. The molecule has 4 aliphatic rings. The molecule has 3 aromatic carbocycles. The fourth-order valence-electron chi connectivity index (χ4n) is 7.84. The van der Waals surface area contributed by atoms with Gasteiger partial charge in [-0.2, -0.15) is 0 Å². The zero-order valence-corrected chi connectivity index (χ0v) is 22.1. The van der Waals surface area contributed by atoms with Gasteiger partial charge >= 0.3 is 11.9 Å². The molecule has 0 heterocycles. The van der Waals surface area contributed by atoms with Gasteiger partial charge in [0, 0.05) is 12.5 Å². The highest BCUT2D eigenvalue weighted by atomic mass is 16.5. The Kier molecular flexibility index (Phi) is 6.63. The Balaban J connectivity index is 1.33. The zero-order chi connectivity index (χ0) is 26.3. The molecule has 0 radical (unpaired) electrons. The molecule has 4 aliphatic carbocycles. The van der Waals surface area contributed by atoms with Crippen LogP contribution in [-0.2, 0) is 14.9 Å². The van der Waals surface area contributed by atoms with Crippen molar-refractivity contribution in [2.24, 2.45) is 17.8 Å². The minimum Gasteiger partial charge on any atom is -0.493 e. The molecule has 3 aromatic rings. The van der Waals surface area contributed by atoms with E-state index in [2.05, 4.69) is 30.3 Å². The van der Waals surface area contributed by atoms with E-state index in [1.54, 1.807) is 12.1 Å². The summed E-state index contributed by atoms with van der Waals surface area (Å²) in [5, 5.41) is 11.6. The van der Waals surface area contributed by atoms with Crippen LogP contribution in [0.3, 0.4) is 0 Å². The molecule has 0 aromatic heterocycles. The first-order valence-corrected chi connectivity index (χ1v) is 14.1. The number of aromatic carboxylic acids is 1. The first-order valence-electron chi connectivity index (χ1n) is 14.1. The predicted molar refractivity (Wildman–Crippen MR) is 148 cm³/mol. The van der Waals surface area contributed by atoms with Crippen molar-refractivity contribution in [1.29, 1.82) is 0 Å². The highest BCUT2D eigenvalue weighted by Crippen LogP contribution is 2.62. The largest absolute Gasteiger partial charge is 0.493 e. The van der Waals surface area contributed by atoms with Crippen molar-refractivity contribution >= 4 is 22.7 Å². The van der Waals surface area contributed by atoms with Crippen molar-refractivity contribution < 1.29 is 24.2 Å². The van der Waals surface area contributed by atoms with Gasteiger partial charge in [0.2, 0.25) is 0 Å². The van der Waals surface area contributed by atoms with Crippen LogP contribution in [0.1, 0.15) is 74.2 Å². The van der Waals surface area contributed by atoms with E-state index in [9.17, 15) is 14.7 Å². The molecule has 5 heteroatoms. The van der Waals surface area contributed by atoms with Crippen molar-refractivity contribution in [3.05, 3.63) is 65.7 Å². The van der Waals surface area contributed by atoms with Gasteiger partial charge in [-0.05, 0) is 127 Å². The first-order chi connectivity index (χ1) is 18.4. The van der Waals surface area contributed by atoms with Crippen molar-refractivity contribution in [3.8, 4) is 16.9 Å². The summed E-state index contributed by atoms with van der Waals surface area (Å²) in [6, 6.07) is 18.2. The number of hydrogen-bond acceptors (Lipinski definition) is 4. The molecule has 1 N–H and O–H groups in total. The average Bonchev–Trinajstić information content (AvgIpc) is 2.89. The van der Waals surface area contributed by atoms with Gasteiger partial charge in [-0.3, -0.25) is 4.79 Å². The van der Waals surface area contributed by atoms with Crippen molar-refractivity contribution in [2.45, 2.75) is 63.7 Å². The van der Waals surface area contributed by atoms with Gasteiger partial charge in [-0.15, -0.1) is 0 Å². The van der Waals surface area contributed by atoms with Crippen LogP contribution in [0.4, 0.5) is 0 Å². The molecule has 5 nitrogen and oxygen atoms in total. The minimum atomic E-state index is -0.908. The number of hydrogen-bond donors (Lipinski definition) is 1. The molecular weight excluding hydrogens is 476 g/mol. The van der Waals surface area contributed by atoms with Gasteiger partial charge in [-0.25, -0.2) is 4.79 Å². The summed E-state index contributed by atoms with van der Waals surface area (Å²) in [6.45, 7) is 2.49. The van der Waals surface area contributed by atoms with Crippen LogP contribution < -0.4 is 4.74 Å². The first kappa shape index (κ1) is 25.0. The van der Waals surface area contributed by atoms with Crippen molar-refractivity contribution in [1.82, 2.24) is 0 Å². The Bertz CT molecular complexity index is 1320. The zero-order valence-electron chi connectivity index (χ0n) is 22.1. The molecule has 0 spiro atoms. The third-order valence-corrected chi connectivity index (χ3v) is 9.12. The number of esters is 1. The van der Waals surface area contributed by atoms with Gasteiger partial charge in [-0.1, -0.05) is 24.3 Å². The van der Waals surface area contributed by atoms with E-state index in [1.807, 2.05) is 12.1 Å². The van der Waals surface area contributed by atoms with Gasteiger partial charge in [0.05, 0.1) is 18.8 Å². The van der Waals surface area contributed by atoms with Gasteiger partial charge in [0.1, 0.15) is 5.75 Å². The van der Waals surface area contributed by atoms with E-state index in [1.165, 1.54) is 56.4 Å². The van der Waals surface area contributed by atoms with E-state index >= 15 is 0 Å². The Morgan fingerprint density at radius 3 is 2.08 bits per heavy atom. The monoisotopic (exact) mass is 512 g/mol. The smallest absolute Gasteiger partial charge is 0.335 e. The predicted octanol–water partition coefficient (Wildman–Crippen LogP) is 7.39. The molecular formula is C33H36O5. The molecule has 7 rings (SSSR count). The number of rotatable bonds is 9. The molecule has 38 heavy (non-hydrogen) atoms. The summed E-state index contributed by atoms with van der Waals surface area (Å²) < 4.78 is 11.6. The number of carboxylic acids is 1. The SMILES string of the molecule is CC(=O)OCCCCOc1cc2ccc(-c3ccc(C(=O)O)cc3)cc2cc1C12CC3CC(CC(C3)C1)C2. The molecule has 0 aliphatic heterocycles. The number of carbonyl (C=O) groups excluding carboxylic acids is 1. The number of unbranched alkanes of at least 4 members (excludes halogenated alkanes) is 1. The summed E-state index contributed by atoms with van der Waals surface area (Å²) in [4.78, 5) is 22.3. The lowest BCUT2D eigenvalue weighted by molar-refractivity contribution is -0.141. The van der Waals surface area contributed by atoms with Crippen molar-refractivity contribution in [2.75, 3.05) is 13.2 Å². The fourth-order valence-corrected chi connectivity index (χ4v) is 7.84. The van der Waals surface area contributed by atoms with Gasteiger partial charge in [0.15, 0.2) is 0 Å². The van der Waals surface area contributed by atoms with Crippen LogP contribution in [0.5, 0.6) is 5.75 Å². The Morgan fingerprint density at radius 1 is 0.816 bits per heavy atom. The fraction of sp³-hybridized carbons (Fsp3) is 0.455. The Morgan fingerprint density at radius 2 is 1.45 bits per heavy atom. The van der Waals surface area contributed by atoms with Gasteiger partial charge < -0.3 is 14.6 Å². The molecule has 0 amide bonds. The molecule has 0 saturated heterocycles. The molecule has 0 unspecified atom stereocenters. The second-order valence-corrected chi connectivity index (χ2v) is 11.9. The van der Waals surface area contributed by atoms with Crippen LogP contribution in [-0.4, -0.2) is 30.3 Å². The van der Waals surface area contributed by atoms with Gasteiger partial charge in [0.25, 0.3) is 0 Å². The number of ether oxygens (including phenoxy) is 2. The summed E-state index contributed by atoms with van der Waals surface area (Å²) >= 11 is 0. The molecule has 4 fully saturated rings. The summed E-state index contributed by atoms with van der Waals surface area (Å²) in [6.07, 6.45) is 9.64.